The Morgan fingerprint density at radius 3 is 3.05 bits per heavy atom. The van der Waals surface area contributed by atoms with Gasteiger partial charge in [0, 0.05) is 24.1 Å². The molecule has 0 aromatic carbocycles. The number of carbonyl (C=O) groups excluding carboxylic acids is 1. The van der Waals surface area contributed by atoms with Crippen LogP contribution in [0.3, 0.4) is 0 Å². The number of hydrogen-bond donors (Lipinski definition) is 1. The number of nitrogens with two attached hydrogens (primary N) is 1. The third-order valence-corrected chi connectivity index (χ3v) is 3.47. The van der Waals surface area contributed by atoms with Crippen molar-refractivity contribution in [3.63, 3.8) is 0 Å². The first-order valence-corrected chi connectivity index (χ1v) is 7.06. The van der Waals surface area contributed by atoms with Crippen LogP contribution in [-0.2, 0) is 4.74 Å². The van der Waals surface area contributed by atoms with Crippen molar-refractivity contribution in [2.45, 2.75) is 13.0 Å². The van der Waals surface area contributed by atoms with E-state index in [2.05, 4.69) is 15.2 Å². The van der Waals surface area contributed by atoms with Gasteiger partial charge in [0.15, 0.2) is 5.69 Å². The SMILES string of the molecule is Cc1cc(N)cc([C@@H]2CN(C(=O)c3cccnn3)CCO2)n1. The van der Waals surface area contributed by atoms with E-state index in [-0.39, 0.29) is 12.0 Å². The van der Waals surface area contributed by atoms with Crippen LogP contribution in [0.4, 0.5) is 5.69 Å². The van der Waals surface area contributed by atoms with Crippen molar-refractivity contribution in [2.75, 3.05) is 25.4 Å². The number of pyridine rings is 1. The first-order valence-electron chi connectivity index (χ1n) is 7.06. The van der Waals surface area contributed by atoms with E-state index in [1.165, 1.54) is 0 Å². The maximum Gasteiger partial charge on any atom is 0.274 e. The van der Waals surface area contributed by atoms with Crippen LogP contribution in [0.15, 0.2) is 30.5 Å². The Bertz CT molecular complexity index is 657. The van der Waals surface area contributed by atoms with Gasteiger partial charge in [-0.05, 0) is 31.2 Å². The molecular formula is C15H17N5O2. The van der Waals surface area contributed by atoms with E-state index in [1.807, 2.05) is 6.92 Å². The second-order valence-corrected chi connectivity index (χ2v) is 5.19. The van der Waals surface area contributed by atoms with Crippen LogP contribution < -0.4 is 5.73 Å². The predicted molar refractivity (Wildman–Crippen MR) is 80.0 cm³/mol. The van der Waals surface area contributed by atoms with Crippen LogP contribution in [0.25, 0.3) is 0 Å². The maximum atomic E-state index is 12.4. The van der Waals surface area contributed by atoms with Crippen molar-refractivity contribution in [3.8, 4) is 0 Å². The quantitative estimate of drug-likeness (QED) is 0.888. The van der Waals surface area contributed by atoms with Crippen LogP contribution in [0, 0.1) is 6.92 Å². The lowest BCUT2D eigenvalue weighted by atomic mass is 10.1. The number of aryl methyl sites for hydroxylation is 1. The molecule has 1 amide bonds. The standard InChI is InChI=1S/C15H17N5O2/c1-10-7-11(16)8-13(18-10)14-9-20(5-6-22-14)15(21)12-3-2-4-17-19-12/h2-4,7-8,14H,5-6,9H2,1H3,(H2,16,18)/t14-/m0/s1. The fourth-order valence-electron chi connectivity index (χ4n) is 2.48. The average molecular weight is 299 g/mol. The summed E-state index contributed by atoms with van der Waals surface area (Å²) in [4.78, 5) is 18.6. The Labute approximate surface area is 128 Å². The first kappa shape index (κ1) is 14.4. The molecule has 2 N–H and O–H groups in total. The zero-order valence-corrected chi connectivity index (χ0v) is 12.3. The number of anilines is 1. The van der Waals surface area contributed by atoms with Gasteiger partial charge in [0.1, 0.15) is 6.10 Å². The molecule has 22 heavy (non-hydrogen) atoms. The number of rotatable bonds is 2. The van der Waals surface area contributed by atoms with E-state index in [9.17, 15) is 4.79 Å². The van der Waals surface area contributed by atoms with E-state index in [0.29, 0.717) is 31.1 Å². The van der Waals surface area contributed by atoms with Gasteiger partial charge in [-0.3, -0.25) is 9.78 Å². The molecule has 0 bridgehead atoms. The predicted octanol–water partition coefficient (Wildman–Crippen LogP) is 0.976. The zero-order valence-electron chi connectivity index (χ0n) is 12.3. The molecule has 1 fully saturated rings. The number of morpholine rings is 1. The fourth-order valence-corrected chi connectivity index (χ4v) is 2.48. The molecule has 114 valence electrons. The van der Waals surface area contributed by atoms with Gasteiger partial charge in [-0.2, -0.15) is 5.10 Å². The summed E-state index contributed by atoms with van der Waals surface area (Å²) in [5, 5.41) is 7.61. The Morgan fingerprint density at radius 1 is 1.45 bits per heavy atom. The Balaban J connectivity index is 1.78. The van der Waals surface area contributed by atoms with Gasteiger partial charge in [0.2, 0.25) is 0 Å². The van der Waals surface area contributed by atoms with Crippen LogP contribution in [-0.4, -0.2) is 45.7 Å². The molecule has 0 aliphatic carbocycles. The maximum absolute atomic E-state index is 12.4. The van der Waals surface area contributed by atoms with Crippen molar-refractivity contribution < 1.29 is 9.53 Å². The molecular weight excluding hydrogens is 282 g/mol. The van der Waals surface area contributed by atoms with E-state index in [1.54, 1.807) is 35.4 Å². The molecule has 7 nitrogen and oxygen atoms in total. The van der Waals surface area contributed by atoms with E-state index < -0.39 is 0 Å². The molecule has 2 aromatic heterocycles. The molecule has 0 spiro atoms. The molecule has 1 atom stereocenters. The van der Waals surface area contributed by atoms with E-state index in [4.69, 9.17) is 10.5 Å². The number of aromatic nitrogens is 3. The van der Waals surface area contributed by atoms with Crippen LogP contribution >= 0.6 is 0 Å². The highest BCUT2D eigenvalue weighted by atomic mass is 16.5. The van der Waals surface area contributed by atoms with Crippen molar-refractivity contribution in [1.82, 2.24) is 20.1 Å². The lowest BCUT2D eigenvalue weighted by Gasteiger charge is -2.32. The second-order valence-electron chi connectivity index (χ2n) is 5.19. The summed E-state index contributed by atoms with van der Waals surface area (Å²) in [7, 11) is 0. The fraction of sp³-hybridized carbons (Fsp3) is 0.333. The van der Waals surface area contributed by atoms with Gasteiger partial charge in [-0.25, -0.2) is 0 Å². The molecule has 1 aliphatic heterocycles. The van der Waals surface area contributed by atoms with Crippen LogP contribution in [0.1, 0.15) is 28.0 Å². The highest BCUT2D eigenvalue weighted by molar-refractivity contribution is 5.92. The first-order chi connectivity index (χ1) is 10.6. The summed E-state index contributed by atoms with van der Waals surface area (Å²) in [5.74, 6) is -0.151. The van der Waals surface area contributed by atoms with E-state index in [0.717, 1.165) is 11.4 Å². The minimum absolute atomic E-state index is 0.151. The molecule has 1 aliphatic rings. The molecule has 3 rings (SSSR count). The van der Waals surface area contributed by atoms with E-state index >= 15 is 0 Å². The molecule has 1 saturated heterocycles. The van der Waals surface area contributed by atoms with Crippen molar-refractivity contribution in [2.24, 2.45) is 0 Å². The normalized spacial score (nSPS) is 18.2. The molecule has 0 saturated carbocycles. The number of ether oxygens (including phenoxy) is 1. The molecule has 0 unspecified atom stereocenters. The summed E-state index contributed by atoms with van der Waals surface area (Å²) in [5.41, 5.74) is 8.41. The molecule has 3 heterocycles. The van der Waals surface area contributed by atoms with Crippen molar-refractivity contribution >= 4 is 11.6 Å². The summed E-state index contributed by atoms with van der Waals surface area (Å²) >= 11 is 0. The van der Waals surface area contributed by atoms with Gasteiger partial charge < -0.3 is 15.4 Å². The van der Waals surface area contributed by atoms with Crippen molar-refractivity contribution in [1.29, 1.82) is 0 Å². The third-order valence-electron chi connectivity index (χ3n) is 3.47. The number of nitrogens with zero attached hydrogens (tertiary/aromatic N) is 4. The summed E-state index contributed by atoms with van der Waals surface area (Å²) in [6.07, 6.45) is 1.26. The van der Waals surface area contributed by atoms with Gasteiger partial charge >= 0.3 is 0 Å². The molecule has 7 heteroatoms. The largest absolute Gasteiger partial charge is 0.399 e. The van der Waals surface area contributed by atoms with Gasteiger partial charge in [0.05, 0.1) is 18.8 Å². The number of nitrogen functional groups attached to an aromatic ring is 1. The number of amides is 1. The third kappa shape index (κ3) is 3.04. The molecule has 0 radical (unpaired) electrons. The average Bonchev–Trinajstić information content (AvgIpc) is 2.54. The monoisotopic (exact) mass is 299 g/mol. The zero-order chi connectivity index (χ0) is 15.5. The Kier molecular flexibility index (Phi) is 3.97. The summed E-state index contributed by atoms with van der Waals surface area (Å²) in [6.45, 7) is 3.27. The summed E-state index contributed by atoms with van der Waals surface area (Å²) in [6, 6.07) is 6.94. The highest BCUT2D eigenvalue weighted by Gasteiger charge is 2.27. The second kappa shape index (κ2) is 6.07. The van der Waals surface area contributed by atoms with Gasteiger partial charge in [-0.15, -0.1) is 5.10 Å². The van der Waals surface area contributed by atoms with Crippen LogP contribution in [0.2, 0.25) is 0 Å². The highest BCUT2D eigenvalue weighted by Crippen LogP contribution is 2.23. The minimum Gasteiger partial charge on any atom is -0.399 e. The number of carbonyl (C=O) groups is 1. The number of hydrogen-bond acceptors (Lipinski definition) is 6. The van der Waals surface area contributed by atoms with Crippen molar-refractivity contribution in [3.05, 3.63) is 47.5 Å². The Hall–Kier alpha value is -2.54. The summed E-state index contributed by atoms with van der Waals surface area (Å²) < 4.78 is 5.74. The van der Waals surface area contributed by atoms with Gasteiger partial charge in [-0.1, -0.05) is 0 Å². The van der Waals surface area contributed by atoms with Gasteiger partial charge in [0.25, 0.3) is 5.91 Å². The molecule has 2 aromatic rings. The Morgan fingerprint density at radius 2 is 2.32 bits per heavy atom. The topological polar surface area (TPSA) is 94.2 Å². The smallest absolute Gasteiger partial charge is 0.274 e. The minimum atomic E-state index is -0.281. The lowest BCUT2D eigenvalue weighted by Crippen LogP contribution is -2.42. The van der Waals surface area contributed by atoms with Crippen LogP contribution in [0.5, 0.6) is 0 Å². The lowest BCUT2D eigenvalue weighted by molar-refractivity contribution is -0.0249.